The van der Waals surface area contributed by atoms with Crippen LogP contribution in [-0.4, -0.2) is 52.4 Å². The van der Waals surface area contributed by atoms with Gasteiger partial charge in [-0.15, -0.1) is 0 Å². The Kier molecular flexibility index (Phi) is 12.3. The number of rotatable bonds is 6. The van der Waals surface area contributed by atoms with Gasteiger partial charge in [0.2, 0.25) is 5.91 Å². The summed E-state index contributed by atoms with van der Waals surface area (Å²) in [6.45, 7) is 2.46. The van der Waals surface area contributed by atoms with Crippen LogP contribution in [0.15, 0.2) is 0 Å². The Labute approximate surface area is 105 Å². The van der Waals surface area contributed by atoms with E-state index >= 15 is 0 Å². The highest BCUT2D eigenvalue weighted by molar-refractivity contribution is 6.27. The Morgan fingerprint density at radius 1 is 1.17 bits per heavy atom. The van der Waals surface area contributed by atoms with Gasteiger partial charge in [-0.25, -0.2) is 9.59 Å². The highest BCUT2D eigenvalue weighted by atomic mass is 16.4. The summed E-state index contributed by atoms with van der Waals surface area (Å²) in [6, 6.07) is -0.772. The van der Waals surface area contributed by atoms with E-state index in [0.29, 0.717) is 6.54 Å². The molecule has 0 aromatic rings. The molecule has 0 fully saturated rings. The molecule has 0 bridgehead atoms. The van der Waals surface area contributed by atoms with Crippen LogP contribution >= 0.6 is 0 Å². The van der Waals surface area contributed by atoms with E-state index in [4.69, 9.17) is 30.6 Å². The van der Waals surface area contributed by atoms with E-state index in [9.17, 15) is 4.79 Å². The molecule has 0 aliphatic rings. The lowest BCUT2D eigenvalue weighted by Gasteiger charge is -2.08. The number of carboxylic acids is 2. The first-order valence-electron chi connectivity index (χ1n) is 5.47. The third-order valence-corrected chi connectivity index (χ3v) is 1.80. The fourth-order valence-electron chi connectivity index (χ4n) is 0.801. The highest BCUT2D eigenvalue weighted by Crippen LogP contribution is 1.91. The quantitative estimate of drug-likeness (QED) is 0.297. The molecule has 8 nitrogen and oxygen atoms in total. The second-order valence-corrected chi connectivity index (χ2v) is 3.40. The number of carbonyl (C=O) groups excluding carboxylic acids is 1. The summed E-state index contributed by atoms with van der Waals surface area (Å²) in [5.41, 5.74) is 5.27. The minimum atomic E-state index is -1.82. The summed E-state index contributed by atoms with van der Waals surface area (Å²) in [5.74, 6) is -3.92. The number of nitrogens with one attached hydrogen (secondary N) is 1. The average molecular weight is 264 g/mol. The summed E-state index contributed by atoms with van der Waals surface area (Å²) in [5, 5.41) is 25.9. The van der Waals surface area contributed by atoms with E-state index < -0.39 is 18.0 Å². The van der Waals surface area contributed by atoms with Gasteiger partial charge in [0.15, 0.2) is 0 Å². The standard InChI is InChI=1S/C8H18N2O2.C2H2O4/c1-2-3-4-5-10-8(12)7(9)6-11;3-1(4)2(5)6/h7,11H,2-6,9H2,1H3,(H,10,12);(H,3,4)(H,5,6). The molecule has 0 rings (SSSR count). The normalized spacial score (nSPS) is 10.8. The predicted molar refractivity (Wildman–Crippen MR) is 62.9 cm³/mol. The first-order chi connectivity index (χ1) is 8.36. The zero-order valence-electron chi connectivity index (χ0n) is 10.3. The Balaban J connectivity index is 0. The predicted octanol–water partition coefficient (Wildman–Crippen LogP) is -1.23. The molecule has 0 heterocycles. The zero-order chi connectivity index (χ0) is 14.6. The van der Waals surface area contributed by atoms with Crippen LogP contribution in [0, 0.1) is 0 Å². The zero-order valence-corrected chi connectivity index (χ0v) is 10.3. The molecule has 0 spiro atoms. The molecule has 0 aliphatic carbocycles. The van der Waals surface area contributed by atoms with Crippen LogP contribution in [0.25, 0.3) is 0 Å². The van der Waals surface area contributed by atoms with Crippen molar-refractivity contribution in [1.82, 2.24) is 5.32 Å². The van der Waals surface area contributed by atoms with Crippen LogP contribution in [0.5, 0.6) is 0 Å². The number of amides is 1. The van der Waals surface area contributed by atoms with Crippen molar-refractivity contribution >= 4 is 17.8 Å². The molecule has 0 saturated carbocycles. The van der Waals surface area contributed by atoms with Crippen LogP contribution in [0.1, 0.15) is 26.2 Å². The molecule has 1 unspecified atom stereocenters. The van der Waals surface area contributed by atoms with Crippen LogP contribution < -0.4 is 11.1 Å². The summed E-state index contributed by atoms with van der Waals surface area (Å²) in [6.07, 6.45) is 3.21. The van der Waals surface area contributed by atoms with Gasteiger partial charge in [-0.3, -0.25) is 4.79 Å². The van der Waals surface area contributed by atoms with E-state index in [1.54, 1.807) is 0 Å². The van der Waals surface area contributed by atoms with Gasteiger partial charge in [0.1, 0.15) is 6.04 Å². The molecule has 6 N–H and O–H groups in total. The van der Waals surface area contributed by atoms with Crippen LogP contribution in [0.4, 0.5) is 0 Å². The SMILES string of the molecule is CCCCCNC(=O)C(N)CO.O=C(O)C(=O)O. The van der Waals surface area contributed by atoms with Crippen molar-refractivity contribution < 1.29 is 29.7 Å². The van der Waals surface area contributed by atoms with Gasteiger partial charge in [0.25, 0.3) is 0 Å². The van der Waals surface area contributed by atoms with Gasteiger partial charge >= 0.3 is 11.9 Å². The van der Waals surface area contributed by atoms with Crippen molar-refractivity contribution in [3.05, 3.63) is 0 Å². The molecular formula is C10H20N2O6. The van der Waals surface area contributed by atoms with Crippen molar-refractivity contribution in [2.45, 2.75) is 32.2 Å². The number of unbranched alkanes of at least 4 members (excludes halogenated alkanes) is 2. The van der Waals surface area contributed by atoms with Gasteiger partial charge < -0.3 is 26.4 Å². The van der Waals surface area contributed by atoms with Gasteiger partial charge in [0, 0.05) is 6.54 Å². The fraction of sp³-hybridized carbons (Fsp3) is 0.700. The first-order valence-corrected chi connectivity index (χ1v) is 5.47. The maximum atomic E-state index is 10.9. The molecule has 0 aromatic heterocycles. The second-order valence-electron chi connectivity index (χ2n) is 3.40. The average Bonchev–Trinajstić information content (AvgIpc) is 2.33. The molecule has 18 heavy (non-hydrogen) atoms. The molecule has 0 saturated heterocycles. The number of hydrogen-bond acceptors (Lipinski definition) is 5. The minimum absolute atomic E-state index is 0.270. The lowest BCUT2D eigenvalue weighted by molar-refractivity contribution is -0.159. The lowest BCUT2D eigenvalue weighted by Crippen LogP contribution is -2.43. The fourth-order valence-corrected chi connectivity index (χ4v) is 0.801. The Morgan fingerprint density at radius 2 is 1.67 bits per heavy atom. The smallest absolute Gasteiger partial charge is 0.414 e. The van der Waals surface area contributed by atoms with Crippen molar-refractivity contribution in [1.29, 1.82) is 0 Å². The second kappa shape index (κ2) is 11.8. The van der Waals surface area contributed by atoms with Crippen LogP contribution in [0.2, 0.25) is 0 Å². The van der Waals surface area contributed by atoms with Crippen molar-refractivity contribution in [2.75, 3.05) is 13.2 Å². The number of carboxylic acid groups (broad SMARTS) is 2. The number of nitrogens with two attached hydrogens (primary N) is 1. The molecule has 1 amide bonds. The Bertz CT molecular complexity index is 257. The lowest BCUT2D eigenvalue weighted by atomic mass is 10.2. The number of hydrogen-bond donors (Lipinski definition) is 5. The summed E-state index contributed by atoms with van der Waals surface area (Å²) < 4.78 is 0. The van der Waals surface area contributed by atoms with E-state index in [1.165, 1.54) is 0 Å². The number of aliphatic hydroxyl groups is 1. The van der Waals surface area contributed by atoms with Gasteiger partial charge in [-0.05, 0) is 6.42 Å². The van der Waals surface area contributed by atoms with Crippen molar-refractivity contribution in [3.63, 3.8) is 0 Å². The number of aliphatic carboxylic acids is 2. The molecule has 0 aromatic carbocycles. The summed E-state index contributed by atoms with van der Waals surface area (Å²) in [4.78, 5) is 29.1. The Hall–Kier alpha value is -1.67. The van der Waals surface area contributed by atoms with Gasteiger partial charge in [0.05, 0.1) is 6.61 Å². The number of carbonyl (C=O) groups is 3. The van der Waals surface area contributed by atoms with Gasteiger partial charge in [-0.2, -0.15) is 0 Å². The minimum Gasteiger partial charge on any atom is -0.473 e. The molecular weight excluding hydrogens is 244 g/mol. The summed E-state index contributed by atoms with van der Waals surface area (Å²) >= 11 is 0. The highest BCUT2D eigenvalue weighted by Gasteiger charge is 2.09. The third kappa shape index (κ3) is 12.4. The molecule has 8 heteroatoms. The maximum Gasteiger partial charge on any atom is 0.414 e. The molecule has 0 aliphatic heterocycles. The van der Waals surface area contributed by atoms with Crippen molar-refractivity contribution in [3.8, 4) is 0 Å². The van der Waals surface area contributed by atoms with E-state index in [0.717, 1.165) is 19.3 Å². The third-order valence-electron chi connectivity index (χ3n) is 1.80. The van der Waals surface area contributed by atoms with Crippen LogP contribution in [-0.2, 0) is 14.4 Å². The Morgan fingerprint density at radius 3 is 2.00 bits per heavy atom. The molecule has 0 radical (unpaired) electrons. The summed E-state index contributed by atoms with van der Waals surface area (Å²) in [7, 11) is 0. The van der Waals surface area contributed by atoms with E-state index in [-0.39, 0.29) is 12.5 Å². The first kappa shape index (κ1) is 18.7. The van der Waals surface area contributed by atoms with E-state index in [1.807, 2.05) is 0 Å². The topological polar surface area (TPSA) is 150 Å². The largest absolute Gasteiger partial charge is 0.473 e. The molecule has 106 valence electrons. The maximum absolute atomic E-state index is 10.9. The molecule has 1 atom stereocenters. The van der Waals surface area contributed by atoms with E-state index in [2.05, 4.69) is 12.2 Å². The van der Waals surface area contributed by atoms with Crippen molar-refractivity contribution in [2.24, 2.45) is 5.73 Å². The monoisotopic (exact) mass is 264 g/mol. The van der Waals surface area contributed by atoms with Crippen LogP contribution in [0.3, 0.4) is 0 Å². The van der Waals surface area contributed by atoms with Gasteiger partial charge in [-0.1, -0.05) is 19.8 Å². The number of aliphatic hydroxyl groups excluding tert-OH is 1.